The summed E-state index contributed by atoms with van der Waals surface area (Å²) in [7, 11) is -1.07. The predicted octanol–water partition coefficient (Wildman–Crippen LogP) is 4.56. The van der Waals surface area contributed by atoms with E-state index in [4.69, 9.17) is 0 Å². The minimum absolute atomic E-state index is 0.733. The third-order valence-corrected chi connectivity index (χ3v) is 6.48. The van der Waals surface area contributed by atoms with E-state index in [1.165, 1.54) is 11.1 Å². The van der Waals surface area contributed by atoms with Gasteiger partial charge < -0.3 is 0 Å². The zero-order valence-corrected chi connectivity index (χ0v) is 12.1. The van der Waals surface area contributed by atoms with Crippen molar-refractivity contribution in [2.75, 3.05) is 0 Å². The van der Waals surface area contributed by atoms with Crippen molar-refractivity contribution in [3.05, 3.63) is 35.4 Å². The summed E-state index contributed by atoms with van der Waals surface area (Å²) >= 11 is 3.56. The van der Waals surface area contributed by atoms with Crippen molar-refractivity contribution in [1.82, 2.24) is 0 Å². The van der Waals surface area contributed by atoms with E-state index < -0.39 is 8.07 Å². The molecule has 0 aliphatic heterocycles. The molecule has 78 valence electrons. The quantitative estimate of drug-likeness (QED) is 0.558. The number of hydrogen-bond acceptors (Lipinski definition) is 0. The van der Waals surface area contributed by atoms with E-state index in [-0.39, 0.29) is 0 Å². The highest BCUT2D eigenvalue weighted by atomic mass is 79.9. The van der Waals surface area contributed by atoms with Crippen LogP contribution in [0.25, 0.3) is 0 Å². The lowest BCUT2D eigenvalue weighted by Gasteiger charge is -2.27. The molecule has 0 fully saturated rings. The van der Waals surface area contributed by atoms with Crippen molar-refractivity contribution >= 4 is 24.0 Å². The summed E-state index contributed by atoms with van der Waals surface area (Å²) < 4.78 is 0. The number of halogens is 1. The van der Waals surface area contributed by atoms with Gasteiger partial charge in [-0.1, -0.05) is 66.8 Å². The van der Waals surface area contributed by atoms with E-state index in [0.717, 1.165) is 10.9 Å². The Hall–Kier alpha value is -0.0831. The van der Waals surface area contributed by atoms with Gasteiger partial charge in [0.15, 0.2) is 0 Å². The van der Waals surface area contributed by atoms with Crippen LogP contribution in [-0.2, 0) is 5.33 Å². The standard InChI is InChI=1S/C12H19BrSi/c1-10(14(2,3)4)12-8-6-5-7-11(12)9-13/h5-8,10H,9H2,1-4H3. The van der Waals surface area contributed by atoms with Gasteiger partial charge in [-0.05, 0) is 16.7 Å². The molecule has 0 saturated carbocycles. The average molecular weight is 271 g/mol. The van der Waals surface area contributed by atoms with E-state index >= 15 is 0 Å². The lowest BCUT2D eigenvalue weighted by molar-refractivity contribution is 0.998. The van der Waals surface area contributed by atoms with Crippen molar-refractivity contribution < 1.29 is 0 Å². The molecule has 0 heterocycles. The van der Waals surface area contributed by atoms with Crippen LogP contribution in [0, 0.1) is 0 Å². The monoisotopic (exact) mass is 270 g/mol. The van der Waals surface area contributed by atoms with Gasteiger partial charge in [-0.15, -0.1) is 0 Å². The Morgan fingerprint density at radius 2 is 1.79 bits per heavy atom. The molecule has 2 heteroatoms. The average Bonchev–Trinajstić information content (AvgIpc) is 2.15. The van der Waals surface area contributed by atoms with Crippen molar-refractivity contribution in [2.45, 2.75) is 37.4 Å². The predicted molar refractivity (Wildman–Crippen MR) is 70.8 cm³/mol. The zero-order chi connectivity index (χ0) is 10.8. The van der Waals surface area contributed by atoms with Crippen LogP contribution >= 0.6 is 15.9 Å². The highest BCUT2D eigenvalue weighted by Gasteiger charge is 2.24. The van der Waals surface area contributed by atoms with Gasteiger partial charge in [-0.25, -0.2) is 0 Å². The molecule has 0 aliphatic rings. The van der Waals surface area contributed by atoms with Gasteiger partial charge in [0.05, 0.1) is 8.07 Å². The van der Waals surface area contributed by atoms with Crippen LogP contribution in [0.4, 0.5) is 0 Å². The molecule has 1 rings (SSSR count). The van der Waals surface area contributed by atoms with Crippen LogP contribution in [0.5, 0.6) is 0 Å². The minimum atomic E-state index is -1.07. The van der Waals surface area contributed by atoms with Crippen LogP contribution < -0.4 is 0 Å². The Labute approximate surface area is 96.9 Å². The van der Waals surface area contributed by atoms with Gasteiger partial charge in [0.1, 0.15) is 0 Å². The fourth-order valence-corrected chi connectivity index (χ4v) is 3.27. The second-order valence-electron chi connectivity index (χ2n) is 4.92. The number of rotatable bonds is 3. The molecule has 14 heavy (non-hydrogen) atoms. The Morgan fingerprint density at radius 1 is 1.21 bits per heavy atom. The lowest BCUT2D eigenvalue weighted by Crippen LogP contribution is -2.29. The highest BCUT2D eigenvalue weighted by Crippen LogP contribution is 2.29. The molecule has 1 atom stereocenters. The summed E-state index contributed by atoms with van der Waals surface area (Å²) in [6.07, 6.45) is 0. The molecule has 1 unspecified atom stereocenters. The van der Waals surface area contributed by atoms with Crippen LogP contribution in [0.15, 0.2) is 24.3 Å². The van der Waals surface area contributed by atoms with E-state index in [2.05, 4.69) is 66.8 Å². The topological polar surface area (TPSA) is 0 Å². The minimum Gasteiger partial charge on any atom is -0.0876 e. The Bertz CT molecular complexity index is 301. The summed E-state index contributed by atoms with van der Waals surface area (Å²) in [6, 6.07) is 8.77. The first kappa shape index (κ1) is 12.0. The van der Waals surface area contributed by atoms with E-state index in [1.54, 1.807) is 0 Å². The third kappa shape index (κ3) is 2.70. The summed E-state index contributed by atoms with van der Waals surface area (Å²) in [6.45, 7) is 9.67. The van der Waals surface area contributed by atoms with Gasteiger partial charge in [0.25, 0.3) is 0 Å². The van der Waals surface area contributed by atoms with E-state index in [9.17, 15) is 0 Å². The molecule has 0 spiro atoms. The molecular formula is C12H19BrSi. The fraction of sp³-hybridized carbons (Fsp3) is 0.500. The van der Waals surface area contributed by atoms with Crippen LogP contribution in [0.3, 0.4) is 0 Å². The van der Waals surface area contributed by atoms with Crippen molar-refractivity contribution in [1.29, 1.82) is 0 Å². The van der Waals surface area contributed by atoms with E-state index in [0.29, 0.717) is 0 Å². The molecule has 0 bridgehead atoms. The smallest absolute Gasteiger partial charge is 0.0518 e. The summed E-state index contributed by atoms with van der Waals surface area (Å²) in [5, 5.41) is 0.970. The SMILES string of the molecule is CC(c1ccccc1CBr)[Si](C)(C)C. The first-order valence-electron chi connectivity index (χ1n) is 5.10. The first-order chi connectivity index (χ1) is 6.46. The maximum absolute atomic E-state index is 3.56. The highest BCUT2D eigenvalue weighted by molar-refractivity contribution is 9.08. The summed E-state index contributed by atoms with van der Waals surface area (Å²) in [4.78, 5) is 0. The molecule has 0 saturated heterocycles. The second kappa shape index (κ2) is 4.62. The zero-order valence-electron chi connectivity index (χ0n) is 9.47. The van der Waals surface area contributed by atoms with Gasteiger partial charge in [-0.3, -0.25) is 0 Å². The number of alkyl halides is 1. The number of benzene rings is 1. The normalized spacial score (nSPS) is 14.1. The summed E-state index contributed by atoms with van der Waals surface area (Å²) in [5.41, 5.74) is 3.71. The van der Waals surface area contributed by atoms with Crippen LogP contribution in [0.1, 0.15) is 23.6 Å². The molecule has 0 aromatic heterocycles. The molecule has 0 N–H and O–H groups in total. The molecule has 0 radical (unpaired) electrons. The number of hydrogen-bond donors (Lipinski definition) is 0. The molecule has 0 amide bonds. The molecule has 0 nitrogen and oxygen atoms in total. The second-order valence-corrected chi connectivity index (χ2v) is 11.1. The summed E-state index contributed by atoms with van der Waals surface area (Å²) in [5.74, 6) is 0. The van der Waals surface area contributed by atoms with Crippen molar-refractivity contribution in [2.24, 2.45) is 0 Å². The van der Waals surface area contributed by atoms with Crippen molar-refractivity contribution in [3.8, 4) is 0 Å². The maximum Gasteiger partial charge on any atom is 0.0518 e. The largest absolute Gasteiger partial charge is 0.0876 e. The molecular weight excluding hydrogens is 252 g/mol. The fourth-order valence-electron chi connectivity index (χ4n) is 1.54. The Balaban J connectivity index is 3.06. The van der Waals surface area contributed by atoms with Gasteiger partial charge in [0.2, 0.25) is 0 Å². The first-order valence-corrected chi connectivity index (χ1v) is 9.80. The maximum atomic E-state index is 3.56. The molecule has 1 aromatic rings. The van der Waals surface area contributed by atoms with Gasteiger partial charge in [0, 0.05) is 5.33 Å². The van der Waals surface area contributed by atoms with Gasteiger partial charge in [-0.2, -0.15) is 0 Å². The Kier molecular flexibility index (Phi) is 3.96. The molecule has 1 aromatic carbocycles. The van der Waals surface area contributed by atoms with Crippen molar-refractivity contribution in [3.63, 3.8) is 0 Å². The molecule has 0 aliphatic carbocycles. The lowest BCUT2D eigenvalue weighted by atomic mass is 10.1. The van der Waals surface area contributed by atoms with Gasteiger partial charge >= 0.3 is 0 Å². The van der Waals surface area contributed by atoms with Crippen LogP contribution in [0.2, 0.25) is 19.6 Å². The third-order valence-electron chi connectivity index (χ3n) is 2.96. The van der Waals surface area contributed by atoms with Crippen LogP contribution in [-0.4, -0.2) is 8.07 Å². The Morgan fingerprint density at radius 3 is 2.29 bits per heavy atom. The van der Waals surface area contributed by atoms with E-state index in [1.807, 2.05) is 0 Å².